The van der Waals surface area contributed by atoms with Gasteiger partial charge in [-0.3, -0.25) is 0 Å². The van der Waals surface area contributed by atoms with Crippen LogP contribution in [0.15, 0.2) is 52.9 Å². The number of aliphatic hydroxyl groups is 1. The fourth-order valence-electron chi connectivity index (χ4n) is 2.64. The Morgan fingerprint density at radius 1 is 1.15 bits per heavy atom. The monoisotopic (exact) mass is 376 g/mol. The number of fused-ring (bicyclic) bond motifs is 1. The van der Waals surface area contributed by atoms with Crippen LogP contribution in [0.4, 0.5) is 0 Å². The van der Waals surface area contributed by atoms with Gasteiger partial charge in [-0.25, -0.2) is 0 Å². The minimum Gasteiger partial charge on any atom is -0.545 e. The first-order chi connectivity index (χ1) is 12.2. The van der Waals surface area contributed by atoms with Gasteiger partial charge >= 0.3 is 29.6 Å². The van der Waals surface area contributed by atoms with Crippen LogP contribution >= 0.6 is 0 Å². The number of benzene rings is 2. The van der Waals surface area contributed by atoms with Crippen molar-refractivity contribution in [2.24, 2.45) is 0 Å². The summed E-state index contributed by atoms with van der Waals surface area (Å²) in [5, 5.41) is 22.0. The van der Waals surface area contributed by atoms with Crippen LogP contribution in [0.1, 0.15) is 48.6 Å². The Balaban J connectivity index is 0.00000261. The summed E-state index contributed by atoms with van der Waals surface area (Å²) in [6.07, 6.45) is -0.929. The molecule has 1 N–H and O–H groups in total. The molecule has 0 bridgehead atoms. The van der Waals surface area contributed by atoms with E-state index in [9.17, 15) is 15.0 Å². The van der Waals surface area contributed by atoms with Crippen LogP contribution in [0.2, 0.25) is 0 Å². The summed E-state index contributed by atoms with van der Waals surface area (Å²) >= 11 is 0. The van der Waals surface area contributed by atoms with Gasteiger partial charge < -0.3 is 24.2 Å². The number of ether oxygens (including phenoxy) is 1. The van der Waals surface area contributed by atoms with Crippen LogP contribution in [-0.4, -0.2) is 17.7 Å². The molecule has 0 fully saturated rings. The van der Waals surface area contributed by atoms with Crippen molar-refractivity contribution in [2.45, 2.75) is 32.3 Å². The molecule has 27 heavy (non-hydrogen) atoms. The third kappa shape index (κ3) is 5.14. The van der Waals surface area contributed by atoms with Crippen molar-refractivity contribution in [1.82, 2.24) is 0 Å². The zero-order chi connectivity index (χ0) is 18.9. The second-order valence-corrected chi connectivity index (χ2v) is 7.29. The molecule has 5 nitrogen and oxygen atoms in total. The average Bonchev–Trinajstić information content (AvgIpc) is 3.02. The Labute approximate surface area is 180 Å². The van der Waals surface area contributed by atoms with Gasteiger partial charge in [0.05, 0.1) is 5.97 Å². The third-order valence-electron chi connectivity index (χ3n) is 4.23. The van der Waals surface area contributed by atoms with E-state index in [1.165, 1.54) is 29.8 Å². The maximum Gasteiger partial charge on any atom is 1.00 e. The van der Waals surface area contributed by atoms with Gasteiger partial charge in [0.15, 0.2) is 0 Å². The summed E-state index contributed by atoms with van der Waals surface area (Å²) in [7, 11) is 0. The smallest absolute Gasteiger partial charge is 0.545 e. The maximum absolute atomic E-state index is 10.7. The van der Waals surface area contributed by atoms with Crippen molar-refractivity contribution in [3.05, 3.63) is 65.4 Å². The largest absolute Gasteiger partial charge is 1.00 e. The number of carbonyl (C=O) groups is 1. The van der Waals surface area contributed by atoms with Crippen LogP contribution in [0.5, 0.6) is 5.75 Å². The molecule has 0 aliphatic carbocycles. The van der Waals surface area contributed by atoms with E-state index < -0.39 is 12.1 Å². The van der Waals surface area contributed by atoms with E-state index in [-0.39, 0.29) is 47.1 Å². The normalized spacial score (nSPS) is 12.4. The summed E-state index contributed by atoms with van der Waals surface area (Å²) in [4.78, 5) is 10.7. The summed E-state index contributed by atoms with van der Waals surface area (Å²) in [6.45, 7) is 6.42. The Morgan fingerprint density at radius 3 is 2.41 bits per heavy atom. The number of rotatable bonds is 5. The van der Waals surface area contributed by atoms with Gasteiger partial charge in [-0.15, -0.1) is 0 Å². The van der Waals surface area contributed by atoms with Crippen molar-refractivity contribution >= 4 is 16.9 Å². The predicted octanol–water partition coefficient (Wildman–Crippen LogP) is 0.210. The van der Waals surface area contributed by atoms with Crippen LogP contribution in [-0.2, 0) is 5.41 Å². The summed E-state index contributed by atoms with van der Waals surface area (Å²) in [5.41, 5.74) is 2.01. The molecule has 1 unspecified atom stereocenters. The van der Waals surface area contributed by atoms with Crippen molar-refractivity contribution in [2.75, 3.05) is 6.61 Å². The van der Waals surface area contributed by atoms with Crippen molar-refractivity contribution in [1.29, 1.82) is 0 Å². The minimum absolute atomic E-state index is 0. The Morgan fingerprint density at radius 2 is 1.81 bits per heavy atom. The van der Waals surface area contributed by atoms with Gasteiger partial charge in [0.2, 0.25) is 0 Å². The van der Waals surface area contributed by atoms with Crippen molar-refractivity contribution in [3.8, 4) is 5.75 Å². The predicted molar refractivity (Wildman–Crippen MR) is 96.1 cm³/mol. The van der Waals surface area contributed by atoms with E-state index in [2.05, 4.69) is 26.8 Å². The molecular weight excluding hydrogens is 355 g/mol. The molecular formula is C21H21NaO5. The fraction of sp³-hybridized carbons (Fsp3) is 0.286. The first-order valence-corrected chi connectivity index (χ1v) is 8.40. The number of carboxylic acids is 1. The molecule has 136 valence electrons. The molecule has 0 spiro atoms. The quantitative estimate of drug-likeness (QED) is 0.644. The first kappa shape index (κ1) is 21.5. The van der Waals surface area contributed by atoms with E-state index in [0.717, 1.165) is 5.39 Å². The zero-order valence-electron chi connectivity index (χ0n) is 16.0. The number of carbonyl (C=O) groups excluding carboxylic acids is 1. The van der Waals surface area contributed by atoms with Gasteiger partial charge in [0.25, 0.3) is 0 Å². The van der Waals surface area contributed by atoms with Crippen LogP contribution in [0.25, 0.3) is 11.0 Å². The van der Waals surface area contributed by atoms with Crippen molar-refractivity contribution < 1.29 is 53.7 Å². The topological polar surface area (TPSA) is 82.7 Å². The van der Waals surface area contributed by atoms with Crippen LogP contribution < -0.4 is 39.4 Å². The van der Waals surface area contributed by atoms with E-state index in [1.807, 2.05) is 18.2 Å². The molecule has 2 aromatic carbocycles. The molecule has 1 atom stereocenters. The van der Waals surface area contributed by atoms with Gasteiger partial charge in [0, 0.05) is 5.39 Å². The molecule has 3 rings (SSSR count). The molecule has 0 aliphatic rings. The fourth-order valence-corrected chi connectivity index (χ4v) is 2.64. The van der Waals surface area contributed by atoms with E-state index in [4.69, 9.17) is 9.15 Å². The van der Waals surface area contributed by atoms with E-state index in [1.54, 1.807) is 0 Å². The van der Waals surface area contributed by atoms with E-state index in [0.29, 0.717) is 17.1 Å². The van der Waals surface area contributed by atoms with Gasteiger partial charge in [-0.2, -0.15) is 0 Å². The molecule has 0 amide bonds. The second kappa shape index (κ2) is 8.48. The zero-order valence-corrected chi connectivity index (χ0v) is 18.0. The second-order valence-electron chi connectivity index (χ2n) is 7.29. The van der Waals surface area contributed by atoms with E-state index >= 15 is 0 Å². The standard InChI is InChI=1S/C21H22O5.Na/c1-21(2,3)15-6-9-18-14(10-15)11-19(26-18)17(22)12-25-16-7-4-13(5-8-16)20(23)24;/h4-11,17,22H,12H2,1-3H3,(H,23,24);/q;+1/p-1. The average molecular weight is 376 g/mol. The molecule has 1 aromatic heterocycles. The number of carboxylic acid groups (broad SMARTS) is 1. The Kier molecular flexibility index (Phi) is 6.76. The molecule has 0 aliphatic heterocycles. The number of aromatic carboxylic acids is 1. The Bertz CT molecular complexity index is 922. The molecule has 3 aromatic rings. The van der Waals surface area contributed by atoms with Crippen LogP contribution in [0.3, 0.4) is 0 Å². The third-order valence-corrected chi connectivity index (χ3v) is 4.23. The molecule has 1 heterocycles. The summed E-state index contributed by atoms with van der Waals surface area (Å²) < 4.78 is 11.2. The maximum atomic E-state index is 10.7. The molecule has 0 radical (unpaired) electrons. The Hall–Kier alpha value is -1.79. The van der Waals surface area contributed by atoms with Crippen molar-refractivity contribution in [3.63, 3.8) is 0 Å². The molecule has 0 saturated heterocycles. The first-order valence-electron chi connectivity index (χ1n) is 8.40. The SMILES string of the molecule is CC(C)(C)c1ccc2oc(C(O)COc3ccc(C(=O)[O-])cc3)cc2c1.[Na+]. The number of hydrogen-bond acceptors (Lipinski definition) is 5. The van der Waals surface area contributed by atoms with Crippen LogP contribution in [0, 0.1) is 0 Å². The van der Waals surface area contributed by atoms with Gasteiger partial charge in [0.1, 0.15) is 29.8 Å². The van der Waals surface area contributed by atoms with Gasteiger partial charge in [-0.1, -0.05) is 26.8 Å². The van der Waals surface area contributed by atoms with Gasteiger partial charge in [-0.05, 0) is 59.0 Å². The number of hydrogen-bond donors (Lipinski definition) is 1. The molecule has 0 saturated carbocycles. The summed E-state index contributed by atoms with van der Waals surface area (Å²) in [6, 6.07) is 13.6. The minimum atomic E-state index is -1.24. The number of furan rings is 1. The molecule has 6 heteroatoms. The summed E-state index contributed by atoms with van der Waals surface area (Å²) in [5.74, 6) is -0.355. The number of aliphatic hydroxyl groups excluding tert-OH is 1.